The van der Waals surface area contributed by atoms with Crippen LogP contribution in [0.4, 0.5) is 0 Å². The van der Waals surface area contributed by atoms with Crippen LogP contribution in [0.5, 0.6) is 5.75 Å². The predicted octanol–water partition coefficient (Wildman–Crippen LogP) is 2.19. The normalized spacial score (nSPS) is 10.1. The minimum atomic E-state index is -0.314. The van der Waals surface area contributed by atoms with Crippen LogP contribution in [0.3, 0.4) is 0 Å². The number of hydrogen-bond donors (Lipinski definition) is 2. The fraction of sp³-hybridized carbons (Fsp3) is 0.143. The summed E-state index contributed by atoms with van der Waals surface area (Å²) in [7, 11) is 0. The van der Waals surface area contributed by atoms with Crippen LogP contribution >= 0.6 is 23.2 Å². The molecule has 0 aliphatic rings. The van der Waals surface area contributed by atoms with Gasteiger partial charge in [0.05, 0.1) is 16.7 Å². The average molecular weight is 193 g/mol. The number of rotatable bonds is 1. The first-order valence-electron chi connectivity index (χ1n) is 2.93. The summed E-state index contributed by atoms with van der Waals surface area (Å²) in [6, 6.07) is 2.86. The zero-order valence-electron chi connectivity index (χ0n) is 5.51. The van der Waals surface area contributed by atoms with Crippen molar-refractivity contribution in [3.8, 4) is 5.75 Å². The summed E-state index contributed by atoms with van der Waals surface area (Å²) >= 11 is 11.3. The molecule has 0 unspecified atom stereocenters. The maximum atomic E-state index is 9.11. The molecule has 0 amide bonds. The van der Waals surface area contributed by atoms with Crippen LogP contribution in [0, 0.1) is 0 Å². The number of hydrogen-bond acceptors (Lipinski definition) is 2. The van der Waals surface area contributed by atoms with E-state index in [1.807, 2.05) is 0 Å². The average Bonchev–Trinajstić information content (AvgIpc) is 1.99. The van der Waals surface area contributed by atoms with Gasteiger partial charge in [-0.25, -0.2) is 0 Å². The van der Waals surface area contributed by atoms with Crippen molar-refractivity contribution >= 4 is 23.2 Å². The van der Waals surface area contributed by atoms with E-state index in [0.717, 1.165) is 0 Å². The number of benzene rings is 1. The van der Waals surface area contributed by atoms with E-state index >= 15 is 0 Å². The second-order valence-corrected chi connectivity index (χ2v) is 2.80. The molecular formula is C7H6Cl2O2. The Labute approximate surface area is 74.0 Å². The van der Waals surface area contributed by atoms with Gasteiger partial charge < -0.3 is 10.2 Å². The van der Waals surface area contributed by atoms with Crippen molar-refractivity contribution in [2.24, 2.45) is 0 Å². The first-order chi connectivity index (χ1) is 5.16. The minimum Gasteiger partial charge on any atom is -0.508 e. The zero-order chi connectivity index (χ0) is 8.43. The molecule has 0 aromatic heterocycles. The molecule has 0 radical (unpaired) electrons. The van der Waals surface area contributed by atoms with E-state index in [9.17, 15) is 0 Å². The first-order valence-corrected chi connectivity index (χ1v) is 3.69. The highest BCUT2D eigenvalue weighted by atomic mass is 35.5. The van der Waals surface area contributed by atoms with Crippen LogP contribution < -0.4 is 0 Å². The van der Waals surface area contributed by atoms with Crippen LogP contribution in [0.25, 0.3) is 0 Å². The highest BCUT2D eigenvalue weighted by Gasteiger charge is 2.07. The van der Waals surface area contributed by atoms with Crippen LogP contribution in [0.15, 0.2) is 12.1 Å². The fourth-order valence-electron chi connectivity index (χ4n) is 0.733. The van der Waals surface area contributed by atoms with Crippen molar-refractivity contribution in [1.82, 2.24) is 0 Å². The molecule has 0 saturated carbocycles. The molecule has 2 N–H and O–H groups in total. The van der Waals surface area contributed by atoms with Crippen LogP contribution in [0.1, 0.15) is 5.56 Å². The molecule has 0 aliphatic carbocycles. The van der Waals surface area contributed by atoms with Crippen LogP contribution in [-0.2, 0) is 6.61 Å². The van der Waals surface area contributed by atoms with E-state index in [0.29, 0.717) is 5.02 Å². The van der Waals surface area contributed by atoms with Crippen LogP contribution in [-0.4, -0.2) is 10.2 Å². The van der Waals surface area contributed by atoms with E-state index in [4.69, 9.17) is 33.4 Å². The third-order valence-corrected chi connectivity index (χ3v) is 2.17. The molecule has 2 nitrogen and oxygen atoms in total. The van der Waals surface area contributed by atoms with Gasteiger partial charge in [0, 0.05) is 5.56 Å². The SMILES string of the molecule is OCc1c(O)ccc(Cl)c1Cl. The third-order valence-electron chi connectivity index (χ3n) is 1.33. The topological polar surface area (TPSA) is 40.5 Å². The van der Waals surface area contributed by atoms with Crippen molar-refractivity contribution in [1.29, 1.82) is 0 Å². The van der Waals surface area contributed by atoms with Crippen molar-refractivity contribution in [2.45, 2.75) is 6.61 Å². The molecule has 11 heavy (non-hydrogen) atoms. The molecule has 1 aromatic rings. The van der Waals surface area contributed by atoms with E-state index in [1.54, 1.807) is 0 Å². The van der Waals surface area contributed by atoms with Gasteiger partial charge in [0.25, 0.3) is 0 Å². The molecule has 0 bridgehead atoms. The van der Waals surface area contributed by atoms with Crippen LogP contribution in [0.2, 0.25) is 10.0 Å². The summed E-state index contributed by atoms with van der Waals surface area (Å²) in [5.41, 5.74) is 0.263. The first kappa shape index (κ1) is 8.65. The van der Waals surface area contributed by atoms with Gasteiger partial charge in [-0.3, -0.25) is 0 Å². The number of aliphatic hydroxyl groups excluding tert-OH is 1. The highest BCUT2D eigenvalue weighted by molar-refractivity contribution is 6.42. The number of halogens is 2. The number of phenols is 1. The zero-order valence-corrected chi connectivity index (χ0v) is 7.02. The van der Waals surface area contributed by atoms with E-state index in [2.05, 4.69) is 0 Å². The second-order valence-electron chi connectivity index (χ2n) is 2.02. The second kappa shape index (κ2) is 3.30. The number of aromatic hydroxyl groups is 1. The Balaban J connectivity index is 3.29. The quantitative estimate of drug-likeness (QED) is 0.717. The smallest absolute Gasteiger partial charge is 0.122 e. The predicted molar refractivity (Wildman–Crippen MR) is 44.0 cm³/mol. The molecular weight excluding hydrogens is 187 g/mol. The van der Waals surface area contributed by atoms with Gasteiger partial charge in [0.2, 0.25) is 0 Å². The lowest BCUT2D eigenvalue weighted by Crippen LogP contribution is -1.86. The lowest BCUT2D eigenvalue weighted by Gasteiger charge is -2.03. The summed E-state index contributed by atoms with van der Waals surface area (Å²) in [4.78, 5) is 0. The maximum Gasteiger partial charge on any atom is 0.122 e. The molecule has 0 atom stereocenters. The van der Waals surface area contributed by atoms with Gasteiger partial charge in [0.15, 0.2) is 0 Å². The molecule has 1 rings (SSSR count). The maximum absolute atomic E-state index is 9.11. The fourth-order valence-corrected chi connectivity index (χ4v) is 1.13. The van der Waals surface area contributed by atoms with E-state index in [-0.39, 0.29) is 22.9 Å². The largest absolute Gasteiger partial charge is 0.508 e. The Morgan fingerprint density at radius 2 is 1.91 bits per heavy atom. The van der Waals surface area contributed by atoms with Crippen molar-refractivity contribution in [3.05, 3.63) is 27.7 Å². The summed E-state index contributed by atoms with van der Waals surface area (Å²) in [6.07, 6.45) is 0. The molecule has 0 aliphatic heterocycles. The van der Waals surface area contributed by atoms with Crippen molar-refractivity contribution < 1.29 is 10.2 Å². The Bertz CT molecular complexity index is 273. The molecule has 0 fully saturated rings. The van der Waals surface area contributed by atoms with Gasteiger partial charge in [-0.05, 0) is 12.1 Å². The van der Waals surface area contributed by atoms with Crippen molar-refractivity contribution in [3.63, 3.8) is 0 Å². The highest BCUT2D eigenvalue weighted by Crippen LogP contribution is 2.31. The molecule has 0 saturated heterocycles. The molecule has 4 heteroatoms. The summed E-state index contributed by atoms with van der Waals surface area (Å²) < 4.78 is 0. The number of aliphatic hydroxyl groups is 1. The van der Waals surface area contributed by atoms with E-state index < -0.39 is 0 Å². The molecule has 0 spiro atoms. The molecule has 1 aromatic carbocycles. The Morgan fingerprint density at radius 3 is 2.36 bits per heavy atom. The minimum absolute atomic E-state index is 0.0399. The Morgan fingerprint density at radius 1 is 1.27 bits per heavy atom. The van der Waals surface area contributed by atoms with E-state index in [1.165, 1.54) is 12.1 Å². The summed E-state index contributed by atoms with van der Waals surface area (Å²) in [6.45, 7) is -0.314. The van der Waals surface area contributed by atoms with Gasteiger partial charge in [-0.1, -0.05) is 23.2 Å². The standard InChI is InChI=1S/C7H6Cl2O2/c8-5-1-2-6(11)4(3-10)7(5)9/h1-2,10-11H,3H2. The van der Waals surface area contributed by atoms with Gasteiger partial charge in [0.1, 0.15) is 5.75 Å². The molecule has 60 valence electrons. The molecule has 0 heterocycles. The summed E-state index contributed by atoms with van der Waals surface area (Å²) in [5, 5.41) is 18.4. The lowest BCUT2D eigenvalue weighted by atomic mass is 10.2. The van der Waals surface area contributed by atoms with Gasteiger partial charge in [-0.15, -0.1) is 0 Å². The van der Waals surface area contributed by atoms with Gasteiger partial charge in [-0.2, -0.15) is 0 Å². The summed E-state index contributed by atoms with van der Waals surface area (Å²) in [5.74, 6) is -0.0399. The Hall–Kier alpha value is -0.440. The Kier molecular flexibility index (Phi) is 2.60. The van der Waals surface area contributed by atoms with Crippen molar-refractivity contribution in [2.75, 3.05) is 0 Å². The monoisotopic (exact) mass is 192 g/mol. The van der Waals surface area contributed by atoms with Gasteiger partial charge >= 0.3 is 0 Å². The lowest BCUT2D eigenvalue weighted by molar-refractivity contribution is 0.275. The third kappa shape index (κ3) is 1.59.